The Morgan fingerprint density at radius 3 is 2.75 bits per heavy atom. The van der Waals surface area contributed by atoms with E-state index in [4.69, 9.17) is 16.3 Å². The fourth-order valence-electron chi connectivity index (χ4n) is 1.71. The van der Waals surface area contributed by atoms with Gasteiger partial charge in [-0.05, 0) is 19.9 Å². The highest BCUT2D eigenvalue weighted by Crippen LogP contribution is 2.27. The third-order valence-corrected chi connectivity index (χ3v) is 2.99. The molecule has 1 amide bonds. The normalized spacial score (nSPS) is 10.7. The second kappa shape index (κ2) is 7.16. The molecule has 0 saturated heterocycles. The topological polar surface area (TPSA) is 85.6 Å². The molecule has 0 spiro atoms. The summed E-state index contributed by atoms with van der Waals surface area (Å²) in [4.78, 5) is 27.9. The quantitative estimate of drug-likeness (QED) is 0.456. The number of ether oxygens (including phenoxy) is 1. The monoisotopic (exact) mass is 301 g/mol. The lowest BCUT2D eigenvalue weighted by molar-refractivity contribution is -0.385. The molecular formula is C12H16ClN3O4. The van der Waals surface area contributed by atoms with Gasteiger partial charge in [-0.25, -0.2) is 4.98 Å². The van der Waals surface area contributed by atoms with E-state index in [0.717, 1.165) is 0 Å². The minimum Gasteiger partial charge on any atom is -0.383 e. The van der Waals surface area contributed by atoms with Gasteiger partial charge in [-0.1, -0.05) is 11.6 Å². The number of rotatable bonds is 6. The number of hydrogen-bond acceptors (Lipinski definition) is 5. The Hall–Kier alpha value is -1.73. The minimum atomic E-state index is -0.697. The van der Waals surface area contributed by atoms with Gasteiger partial charge in [0.05, 0.1) is 11.5 Å². The van der Waals surface area contributed by atoms with Gasteiger partial charge in [0, 0.05) is 25.9 Å². The Morgan fingerprint density at radius 1 is 1.60 bits per heavy atom. The van der Waals surface area contributed by atoms with Crippen molar-refractivity contribution in [2.24, 2.45) is 0 Å². The van der Waals surface area contributed by atoms with E-state index in [1.54, 1.807) is 0 Å². The van der Waals surface area contributed by atoms with Crippen molar-refractivity contribution in [3.8, 4) is 0 Å². The van der Waals surface area contributed by atoms with Gasteiger partial charge in [0.25, 0.3) is 5.91 Å². The van der Waals surface area contributed by atoms with Crippen molar-refractivity contribution >= 4 is 23.2 Å². The maximum atomic E-state index is 12.4. The van der Waals surface area contributed by atoms with Gasteiger partial charge in [-0.15, -0.1) is 0 Å². The lowest BCUT2D eigenvalue weighted by Gasteiger charge is -2.26. The summed E-state index contributed by atoms with van der Waals surface area (Å²) < 4.78 is 4.94. The maximum absolute atomic E-state index is 12.4. The molecule has 8 heteroatoms. The summed E-state index contributed by atoms with van der Waals surface area (Å²) >= 11 is 5.71. The molecule has 0 aliphatic rings. The Balaban J connectivity index is 3.18. The van der Waals surface area contributed by atoms with Gasteiger partial charge in [-0.2, -0.15) is 0 Å². The van der Waals surface area contributed by atoms with E-state index >= 15 is 0 Å². The zero-order chi connectivity index (χ0) is 15.3. The maximum Gasteiger partial charge on any atom is 0.319 e. The minimum absolute atomic E-state index is 0.0696. The van der Waals surface area contributed by atoms with Crippen LogP contribution in [-0.4, -0.2) is 47.0 Å². The summed E-state index contributed by atoms with van der Waals surface area (Å²) in [5.74, 6) is -0.465. The molecule has 1 rings (SSSR count). The van der Waals surface area contributed by atoms with E-state index in [9.17, 15) is 14.9 Å². The van der Waals surface area contributed by atoms with E-state index in [1.165, 1.54) is 24.3 Å². The number of halogens is 1. The van der Waals surface area contributed by atoms with E-state index in [0.29, 0.717) is 13.2 Å². The molecule has 20 heavy (non-hydrogen) atoms. The molecule has 0 saturated carbocycles. The van der Waals surface area contributed by atoms with Crippen LogP contribution in [0.15, 0.2) is 12.3 Å². The highest BCUT2D eigenvalue weighted by Gasteiger charge is 2.29. The van der Waals surface area contributed by atoms with Crippen molar-refractivity contribution in [1.29, 1.82) is 0 Å². The van der Waals surface area contributed by atoms with Crippen molar-refractivity contribution in [2.45, 2.75) is 19.9 Å². The molecule has 0 aromatic carbocycles. The molecule has 110 valence electrons. The number of carbonyl (C=O) groups is 1. The SMILES string of the molecule is COCCN(C(=O)c1ccnc(Cl)c1[N+](=O)[O-])C(C)C. The van der Waals surface area contributed by atoms with Gasteiger partial charge >= 0.3 is 5.69 Å². The molecule has 0 radical (unpaired) electrons. The molecule has 0 N–H and O–H groups in total. The summed E-state index contributed by atoms with van der Waals surface area (Å²) in [7, 11) is 1.52. The lowest BCUT2D eigenvalue weighted by Crippen LogP contribution is -2.39. The molecule has 0 bridgehead atoms. The van der Waals surface area contributed by atoms with Gasteiger partial charge in [-0.3, -0.25) is 14.9 Å². The summed E-state index contributed by atoms with van der Waals surface area (Å²) in [6.45, 7) is 4.32. The smallest absolute Gasteiger partial charge is 0.319 e. The van der Waals surface area contributed by atoms with Crippen molar-refractivity contribution < 1.29 is 14.5 Å². The highest BCUT2D eigenvalue weighted by molar-refractivity contribution is 6.32. The molecule has 0 atom stereocenters. The Labute approximate surface area is 121 Å². The number of nitrogens with zero attached hydrogens (tertiary/aromatic N) is 3. The van der Waals surface area contributed by atoms with Crippen molar-refractivity contribution in [3.05, 3.63) is 33.1 Å². The second-order valence-electron chi connectivity index (χ2n) is 4.34. The molecule has 0 fully saturated rings. The predicted molar refractivity (Wildman–Crippen MR) is 73.9 cm³/mol. The number of carbonyl (C=O) groups excluding carboxylic acids is 1. The van der Waals surface area contributed by atoms with Crippen LogP contribution in [0.5, 0.6) is 0 Å². The summed E-state index contributed by atoms with van der Waals surface area (Å²) in [5, 5.41) is 10.7. The Kier molecular flexibility index (Phi) is 5.84. The number of amides is 1. The number of hydrogen-bond donors (Lipinski definition) is 0. The summed E-state index contributed by atoms with van der Waals surface area (Å²) in [6, 6.07) is 1.18. The van der Waals surface area contributed by atoms with E-state index in [-0.39, 0.29) is 16.8 Å². The zero-order valence-electron chi connectivity index (χ0n) is 11.5. The molecular weight excluding hydrogens is 286 g/mol. The van der Waals surface area contributed by atoms with Gasteiger partial charge in [0.1, 0.15) is 5.56 Å². The Morgan fingerprint density at radius 2 is 2.25 bits per heavy atom. The van der Waals surface area contributed by atoms with E-state index in [1.807, 2.05) is 13.8 Å². The van der Waals surface area contributed by atoms with Crippen molar-refractivity contribution in [3.63, 3.8) is 0 Å². The van der Waals surface area contributed by atoms with Crippen molar-refractivity contribution in [2.75, 3.05) is 20.3 Å². The predicted octanol–water partition coefficient (Wildman–Crippen LogP) is 2.14. The van der Waals surface area contributed by atoms with Crippen LogP contribution < -0.4 is 0 Å². The summed E-state index contributed by atoms with van der Waals surface area (Å²) in [5.41, 5.74) is -0.540. The van der Waals surface area contributed by atoms with Crippen LogP contribution in [0, 0.1) is 10.1 Å². The van der Waals surface area contributed by atoms with E-state index < -0.39 is 16.5 Å². The average molecular weight is 302 g/mol. The standard InChI is InChI=1S/C12H16ClN3O4/c1-8(2)15(6-7-20-3)12(17)9-4-5-14-11(13)10(9)16(18)19/h4-5,8H,6-7H2,1-3H3. The zero-order valence-corrected chi connectivity index (χ0v) is 12.3. The molecule has 1 aromatic rings. The first-order valence-electron chi connectivity index (χ1n) is 5.99. The largest absolute Gasteiger partial charge is 0.383 e. The number of nitro groups is 1. The summed E-state index contributed by atoms with van der Waals surface area (Å²) in [6.07, 6.45) is 1.28. The first kappa shape index (κ1) is 16.3. The molecule has 7 nitrogen and oxygen atoms in total. The molecule has 1 heterocycles. The molecule has 0 aliphatic heterocycles. The van der Waals surface area contributed by atoms with Crippen LogP contribution in [0.4, 0.5) is 5.69 Å². The highest BCUT2D eigenvalue weighted by atomic mass is 35.5. The fourth-order valence-corrected chi connectivity index (χ4v) is 1.94. The van der Waals surface area contributed by atoms with Crippen LogP contribution in [0.25, 0.3) is 0 Å². The number of aromatic nitrogens is 1. The second-order valence-corrected chi connectivity index (χ2v) is 4.70. The van der Waals surface area contributed by atoms with Gasteiger partial charge in [0.2, 0.25) is 5.15 Å². The lowest BCUT2D eigenvalue weighted by atomic mass is 10.1. The van der Waals surface area contributed by atoms with Crippen molar-refractivity contribution in [1.82, 2.24) is 9.88 Å². The van der Waals surface area contributed by atoms with Crippen LogP contribution in [0.3, 0.4) is 0 Å². The van der Waals surface area contributed by atoms with Gasteiger partial charge < -0.3 is 9.64 Å². The molecule has 1 aromatic heterocycles. The average Bonchev–Trinajstić information content (AvgIpc) is 2.37. The first-order valence-corrected chi connectivity index (χ1v) is 6.36. The molecule has 0 aliphatic carbocycles. The first-order chi connectivity index (χ1) is 9.40. The van der Waals surface area contributed by atoms with Crippen LogP contribution in [0.1, 0.15) is 24.2 Å². The molecule has 0 unspecified atom stereocenters. The van der Waals surface area contributed by atoms with Gasteiger partial charge in [0.15, 0.2) is 0 Å². The third kappa shape index (κ3) is 3.64. The van der Waals surface area contributed by atoms with Crippen LogP contribution >= 0.6 is 11.6 Å². The number of pyridine rings is 1. The van der Waals surface area contributed by atoms with Crippen LogP contribution in [0.2, 0.25) is 5.15 Å². The number of methoxy groups -OCH3 is 1. The third-order valence-electron chi connectivity index (χ3n) is 2.71. The van der Waals surface area contributed by atoms with Crippen LogP contribution in [-0.2, 0) is 4.74 Å². The Bertz CT molecular complexity index is 507. The van der Waals surface area contributed by atoms with E-state index in [2.05, 4.69) is 4.98 Å². The fraction of sp³-hybridized carbons (Fsp3) is 0.500.